The smallest absolute Gasteiger partial charge is 0.378 e. The second-order valence-electron chi connectivity index (χ2n) is 4.69. The highest BCUT2D eigenvalue weighted by Gasteiger charge is 2.28. The van der Waals surface area contributed by atoms with Crippen LogP contribution in [0.3, 0.4) is 0 Å². The molecule has 1 rings (SSSR count). The molecule has 108 valence electrons. The molecule has 1 atom stereocenters. The fraction of sp³-hybridized carbons (Fsp3) is 1.00. The van der Waals surface area contributed by atoms with Gasteiger partial charge < -0.3 is 10.1 Å². The van der Waals surface area contributed by atoms with E-state index in [9.17, 15) is 13.2 Å². The highest BCUT2D eigenvalue weighted by atomic mass is 19.4. The largest absolute Gasteiger partial charge is 0.389 e. The number of ether oxygens (including phenoxy) is 1. The molecule has 1 saturated heterocycles. The van der Waals surface area contributed by atoms with Gasteiger partial charge in [-0.05, 0) is 25.9 Å². The highest BCUT2D eigenvalue weighted by molar-refractivity contribution is 4.77. The van der Waals surface area contributed by atoms with E-state index in [-0.39, 0.29) is 12.5 Å². The van der Waals surface area contributed by atoms with Crippen LogP contribution in [0, 0.1) is 0 Å². The zero-order valence-electron chi connectivity index (χ0n) is 10.9. The molecule has 3 nitrogen and oxygen atoms in total. The van der Waals surface area contributed by atoms with Gasteiger partial charge in [0, 0.05) is 25.6 Å². The molecule has 1 fully saturated rings. The summed E-state index contributed by atoms with van der Waals surface area (Å²) in [6.07, 6.45) is -3.50. The molecule has 1 unspecified atom stereocenters. The summed E-state index contributed by atoms with van der Waals surface area (Å²) in [7, 11) is 0. The molecule has 6 heteroatoms. The summed E-state index contributed by atoms with van der Waals surface area (Å²) in [5.74, 6) is 0. The van der Waals surface area contributed by atoms with Gasteiger partial charge >= 0.3 is 6.18 Å². The van der Waals surface area contributed by atoms with Crippen LogP contribution >= 0.6 is 0 Å². The summed E-state index contributed by atoms with van der Waals surface area (Å²) in [6, 6.07) is 0.207. The van der Waals surface area contributed by atoms with Crippen LogP contribution in [0.5, 0.6) is 0 Å². The third-order valence-electron chi connectivity index (χ3n) is 3.06. The van der Waals surface area contributed by atoms with Crippen molar-refractivity contribution in [2.45, 2.75) is 38.4 Å². The number of nitrogens with zero attached hydrogens (tertiary/aromatic N) is 1. The fourth-order valence-electron chi connectivity index (χ4n) is 2.10. The number of halogens is 3. The number of nitrogens with one attached hydrogen (secondary N) is 1. The summed E-state index contributed by atoms with van der Waals surface area (Å²) in [5, 5.41) is 3.30. The first-order chi connectivity index (χ1) is 8.53. The predicted molar refractivity (Wildman–Crippen MR) is 64.6 cm³/mol. The fourth-order valence-corrected chi connectivity index (χ4v) is 2.10. The number of hydrogen-bond acceptors (Lipinski definition) is 3. The van der Waals surface area contributed by atoms with E-state index in [1.165, 1.54) is 0 Å². The lowest BCUT2D eigenvalue weighted by atomic mass is 10.2. The Morgan fingerprint density at radius 2 is 2.17 bits per heavy atom. The molecule has 0 radical (unpaired) electrons. The normalized spacial score (nSPS) is 22.3. The number of alkyl halides is 3. The van der Waals surface area contributed by atoms with Gasteiger partial charge in [-0.2, -0.15) is 13.2 Å². The van der Waals surface area contributed by atoms with Gasteiger partial charge in [0.15, 0.2) is 0 Å². The van der Waals surface area contributed by atoms with E-state index in [0.717, 1.165) is 26.1 Å². The van der Waals surface area contributed by atoms with Gasteiger partial charge in [-0.25, -0.2) is 0 Å². The van der Waals surface area contributed by atoms with Crippen LogP contribution in [0.15, 0.2) is 0 Å². The summed E-state index contributed by atoms with van der Waals surface area (Å²) >= 11 is 0. The van der Waals surface area contributed by atoms with E-state index in [2.05, 4.69) is 17.1 Å². The van der Waals surface area contributed by atoms with Crippen LogP contribution in [0.1, 0.15) is 26.2 Å². The minimum Gasteiger partial charge on any atom is -0.378 e. The molecule has 0 aliphatic carbocycles. The van der Waals surface area contributed by atoms with Gasteiger partial charge in [0.2, 0.25) is 0 Å². The molecule has 1 aliphatic heterocycles. The van der Waals surface area contributed by atoms with Gasteiger partial charge in [0.25, 0.3) is 0 Å². The second kappa shape index (κ2) is 7.96. The third-order valence-corrected chi connectivity index (χ3v) is 3.06. The van der Waals surface area contributed by atoms with Crippen LogP contribution in [0.25, 0.3) is 0 Å². The van der Waals surface area contributed by atoms with Crippen molar-refractivity contribution in [3.8, 4) is 0 Å². The highest BCUT2D eigenvalue weighted by Crippen LogP contribution is 2.22. The van der Waals surface area contributed by atoms with Crippen molar-refractivity contribution in [2.24, 2.45) is 0 Å². The Morgan fingerprint density at radius 3 is 2.83 bits per heavy atom. The molecule has 0 bridgehead atoms. The topological polar surface area (TPSA) is 24.5 Å². The van der Waals surface area contributed by atoms with Crippen molar-refractivity contribution in [3.05, 3.63) is 0 Å². The first-order valence-electron chi connectivity index (χ1n) is 6.62. The molecule has 1 heterocycles. The Balaban J connectivity index is 2.26. The van der Waals surface area contributed by atoms with Crippen molar-refractivity contribution in [1.29, 1.82) is 0 Å². The van der Waals surface area contributed by atoms with Gasteiger partial charge in [-0.1, -0.05) is 6.92 Å². The maximum Gasteiger partial charge on any atom is 0.389 e. The minimum absolute atomic E-state index is 0.174. The molecule has 0 spiro atoms. The molecule has 0 saturated carbocycles. The SMILES string of the molecule is CCCNCC1COCCN1CCCC(F)(F)F. The molecule has 0 aromatic rings. The summed E-state index contributed by atoms with van der Waals surface area (Å²) in [5.41, 5.74) is 0. The van der Waals surface area contributed by atoms with Crippen molar-refractivity contribution >= 4 is 0 Å². The Hall–Kier alpha value is -0.330. The lowest BCUT2D eigenvalue weighted by molar-refractivity contribution is -0.137. The monoisotopic (exact) mass is 268 g/mol. The summed E-state index contributed by atoms with van der Waals surface area (Å²) < 4.78 is 41.7. The molecule has 18 heavy (non-hydrogen) atoms. The molecule has 0 amide bonds. The molecule has 1 aliphatic rings. The van der Waals surface area contributed by atoms with E-state index in [1.807, 2.05) is 0 Å². The zero-order chi connectivity index (χ0) is 13.4. The van der Waals surface area contributed by atoms with Crippen LogP contribution in [0.2, 0.25) is 0 Å². The van der Waals surface area contributed by atoms with Crippen LogP contribution in [-0.4, -0.2) is 56.5 Å². The average molecular weight is 268 g/mol. The Morgan fingerprint density at radius 1 is 1.39 bits per heavy atom. The van der Waals surface area contributed by atoms with E-state index in [1.54, 1.807) is 0 Å². The van der Waals surface area contributed by atoms with Crippen molar-refractivity contribution < 1.29 is 17.9 Å². The molecular weight excluding hydrogens is 245 g/mol. The minimum atomic E-state index is -4.04. The lowest BCUT2D eigenvalue weighted by Gasteiger charge is -2.35. The van der Waals surface area contributed by atoms with Gasteiger partial charge in [0.05, 0.1) is 13.2 Å². The van der Waals surface area contributed by atoms with Crippen molar-refractivity contribution in [2.75, 3.05) is 39.4 Å². The van der Waals surface area contributed by atoms with E-state index in [0.29, 0.717) is 19.8 Å². The van der Waals surface area contributed by atoms with Crippen LogP contribution in [-0.2, 0) is 4.74 Å². The van der Waals surface area contributed by atoms with Crippen molar-refractivity contribution in [1.82, 2.24) is 10.2 Å². The maximum atomic E-state index is 12.1. The Labute approximate surface area is 107 Å². The van der Waals surface area contributed by atoms with Crippen molar-refractivity contribution in [3.63, 3.8) is 0 Å². The second-order valence-corrected chi connectivity index (χ2v) is 4.69. The molecule has 0 aromatic heterocycles. The summed E-state index contributed by atoms with van der Waals surface area (Å²) in [6.45, 7) is 6.29. The molecule has 0 aromatic carbocycles. The lowest BCUT2D eigenvalue weighted by Crippen LogP contribution is -2.50. The average Bonchev–Trinajstić information content (AvgIpc) is 2.30. The first kappa shape index (κ1) is 15.7. The molecule has 1 N–H and O–H groups in total. The standard InChI is InChI=1S/C12H23F3N2O/c1-2-5-16-9-11-10-18-8-7-17(11)6-3-4-12(13,14)15/h11,16H,2-10H2,1H3. The summed E-state index contributed by atoms with van der Waals surface area (Å²) in [4.78, 5) is 2.11. The Kier molecular flexibility index (Phi) is 6.96. The Bertz CT molecular complexity index is 224. The number of morpholine rings is 1. The van der Waals surface area contributed by atoms with E-state index in [4.69, 9.17) is 4.74 Å². The quantitative estimate of drug-likeness (QED) is 0.715. The first-order valence-corrected chi connectivity index (χ1v) is 6.62. The molecular formula is C12H23F3N2O. The maximum absolute atomic E-state index is 12.1. The number of hydrogen-bond donors (Lipinski definition) is 1. The van der Waals surface area contributed by atoms with Crippen LogP contribution < -0.4 is 5.32 Å². The predicted octanol–water partition coefficient (Wildman–Crippen LogP) is 2.03. The van der Waals surface area contributed by atoms with Gasteiger partial charge in [-0.15, -0.1) is 0 Å². The van der Waals surface area contributed by atoms with Gasteiger partial charge in [-0.3, -0.25) is 4.90 Å². The third kappa shape index (κ3) is 6.56. The van der Waals surface area contributed by atoms with Gasteiger partial charge in [0.1, 0.15) is 0 Å². The van der Waals surface area contributed by atoms with E-state index < -0.39 is 12.6 Å². The van der Waals surface area contributed by atoms with Crippen LogP contribution in [0.4, 0.5) is 13.2 Å². The number of rotatable bonds is 7. The zero-order valence-corrected chi connectivity index (χ0v) is 10.9. The van der Waals surface area contributed by atoms with E-state index >= 15 is 0 Å².